The molecule has 0 radical (unpaired) electrons. The van der Waals surface area contributed by atoms with Gasteiger partial charge in [0, 0.05) is 24.7 Å². The maximum atomic E-state index is 12.6. The van der Waals surface area contributed by atoms with Gasteiger partial charge in [0.1, 0.15) is 5.69 Å². The monoisotopic (exact) mass is 303 g/mol. The minimum Gasteiger partial charge on any atom is -0.393 e. The fourth-order valence-corrected chi connectivity index (χ4v) is 3.80. The molecule has 0 unspecified atom stereocenters. The van der Waals surface area contributed by atoms with Crippen molar-refractivity contribution in [3.63, 3.8) is 0 Å². The van der Waals surface area contributed by atoms with Gasteiger partial charge in [0.2, 0.25) is 0 Å². The number of piperidine rings is 1. The lowest BCUT2D eigenvalue weighted by Crippen LogP contribution is -2.44. The van der Waals surface area contributed by atoms with Gasteiger partial charge in [-0.1, -0.05) is 19.3 Å². The second-order valence-electron chi connectivity index (χ2n) is 6.38. The summed E-state index contributed by atoms with van der Waals surface area (Å²) in [5.41, 5.74) is 5.84. The molecule has 22 heavy (non-hydrogen) atoms. The molecule has 1 saturated carbocycles. The topological polar surface area (TPSA) is 89.5 Å². The molecular formula is C16H21N3O3. The summed E-state index contributed by atoms with van der Waals surface area (Å²) < 4.78 is 0. The molecule has 2 fully saturated rings. The van der Waals surface area contributed by atoms with Gasteiger partial charge in [0.15, 0.2) is 0 Å². The second kappa shape index (κ2) is 5.94. The Labute approximate surface area is 129 Å². The molecule has 3 rings (SSSR count). The normalized spacial score (nSPS) is 24.6. The first-order chi connectivity index (χ1) is 10.6. The molecule has 1 aliphatic heterocycles. The first kappa shape index (κ1) is 14.8. The van der Waals surface area contributed by atoms with Gasteiger partial charge in [-0.25, -0.2) is 0 Å². The molecule has 1 aromatic rings. The summed E-state index contributed by atoms with van der Waals surface area (Å²) in [6.07, 6.45) is 6.07. The number of nitro benzene ring substituents is 1. The molecule has 1 aromatic carbocycles. The molecule has 0 aromatic heterocycles. The van der Waals surface area contributed by atoms with Crippen molar-refractivity contribution in [2.75, 3.05) is 18.8 Å². The number of hydrogen-bond donors (Lipinski definition) is 1. The van der Waals surface area contributed by atoms with E-state index in [0.717, 1.165) is 25.4 Å². The Morgan fingerprint density at radius 1 is 1.23 bits per heavy atom. The number of anilines is 1. The molecule has 2 aliphatic rings. The minimum absolute atomic E-state index is 0.0903. The highest BCUT2D eigenvalue weighted by Crippen LogP contribution is 2.36. The summed E-state index contributed by atoms with van der Waals surface area (Å²) in [5, 5.41) is 11.0. The van der Waals surface area contributed by atoms with Crippen LogP contribution in [0.3, 0.4) is 0 Å². The largest absolute Gasteiger partial charge is 0.393 e. The van der Waals surface area contributed by atoms with Crippen LogP contribution >= 0.6 is 0 Å². The number of carbonyl (C=O) groups is 1. The van der Waals surface area contributed by atoms with Crippen LogP contribution in [0.4, 0.5) is 11.4 Å². The van der Waals surface area contributed by atoms with Crippen molar-refractivity contribution in [3.05, 3.63) is 33.9 Å². The highest BCUT2D eigenvalue weighted by molar-refractivity contribution is 5.95. The molecule has 1 saturated heterocycles. The lowest BCUT2D eigenvalue weighted by atomic mass is 9.75. The molecule has 6 heteroatoms. The number of benzene rings is 1. The van der Waals surface area contributed by atoms with Crippen molar-refractivity contribution < 1.29 is 9.72 Å². The van der Waals surface area contributed by atoms with Crippen LogP contribution in [0.2, 0.25) is 0 Å². The van der Waals surface area contributed by atoms with E-state index >= 15 is 0 Å². The van der Waals surface area contributed by atoms with Crippen molar-refractivity contribution in [3.8, 4) is 0 Å². The molecule has 1 aliphatic carbocycles. The van der Waals surface area contributed by atoms with Crippen LogP contribution in [-0.4, -0.2) is 28.8 Å². The van der Waals surface area contributed by atoms with Gasteiger partial charge in [-0.05, 0) is 36.8 Å². The lowest BCUT2D eigenvalue weighted by molar-refractivity contribution is -0.383. The number of rotatable bonds is 2. The number of carbonyl (C=O) groups excluding carboxylic acids is 1. The van der Waals surface area contributed by atoms with Crippen LogP contribution in [0.15, 0.2) is 18.2 Å². The van der Waals surface area contributed by atoms with Crippen molar-refractivity contribution in [1.29, 1.82) is 0 Å². The fourth-order valence-electron chi connectivity index (χ4n) is 3.80. The molecule has 1 amide bonds. The number of nitrogens with zero attached hydrogens (tertiary/aromatic N) is 2. The molecule has 0 spiro atoms. The van der Waals surface area contributed by atoms with E-state index in [2.05, 4.69) is 0 Å². The Morgan fingerprint density at radius 2 is 1.95 bits per heavy atom. The predicted molar refractivity (Wildman–Crippen MR) is 83.5 cm³/mol. The molecule has 2 N–H and O–H groups in total. The van der Waals surface area contributed by atoms with Gasteiger partial charge < -0.3 is 10.6 Å². The molecular weight excluding hydrogens is 282 g/mol. The van der Waals surface area contributed by atoms with Crippen molar-refractivity contribution in [2.45, 2.75) is 32.1 Å². The number of nitro groups is 1. The summed E-state index contributed by atoms with van der Waals surface area (Å²) in [6.45, 7) is 1.53. The van der Waals surface area contributed by atoms with Crippen molar-refractivity contribution in [2.24, 2.45) is 11.8 Å². The molecule has 118 valence electrons. The van der Waals surface area contributed by atoms with Crippen LogP contribution in [0.25, 0.3) is 0 Å². The zero-order chi connectivity index (χ0) is 15.7. The van der Waals surface area contributed by atoms with E-state index in [1.54, 1.807) is 6.07 Å². The number of fused-ring (bicyclic) bond motifs is 1. The number of hydrogen-bond acceptors (Lipinski definition) is 4. The molecule has 1 heterocycles. The van der Waals surface area contributed by atoms with Crippen LogP contribution in [0.5, 0.6) is 0 Å². The van der Waals surface area contributed by atoms with Crippen LogP contribution < -0.4 is 5.73 Å². The minimum atomic E-state index is -0.542. The number of likely N-dealkylation sites (tertiary alicyclic amines) is 1. The Morgan fingerprint density at radius 3 is 2.68 bits per heavy atom. The number of amides is 1. The lowest BCUT2D eigenvalue weighted by Gasteiger charge is -2.41. The van der Waals surface area contributed by atoms with E-state index in [4.69, 9.17) is 5.73 Å². The Kier molecular flexibility index (Phi) is 4.00. The summed E-state index contributed by atoms with van der Waals surface area (Å²) >= 11 is 0. The standard InChI is InChI=1S/C16H21N3O3/c17-14-6-5-12(9-15(14)19(21)22)16(20)18-8-7-11-3-1-2-4-13(11)10-18/h5-6,9,11,13H,1-4,7-8,10,17H2/t11-,13-/m1/s1. The quantitative estimate of drug-likeness (QED) is 0.517. The summed E-state index contributed by atoms with van der Waals surface area (Å²) in [6, 6.07) is 4.32. The Hall–Kier alpha value is -2.11. The highest BCUT2D eigenvalue weighted by atomic mass is 16.6. The Balaban J connectivity index is 1.76. The van der Waals surface area contributed by atoms with Gasteiger partial charge in [0.05, 0.1) is 4.92 Å². The van der Waals surface area contributed by atoms with Crippen molar-refractivity contribution >= 4 is 17.3 Å². The summed E-state index contributed by atoms with van der Waals surface area (Å²) in [4.78, 5) is 24.9. The van der Waals surface area contributed by atoms with Gasteiger partial charge in [0.25, 0.3) is 11.6 Å². The van der Waals surface area contributed by atoms with Crippen LogP contribution in [0.1, 0.15) is 42.5 Å². The van der Waals surface area contributed by atoms with Gasteiger partial charge >= 0.3 is 0 Å². The average Bonchev–Trinajstić information content (AvgIpc) is 2.54. The summed E-state index contributed by atoms with van der Waals surface area (Å²) in [7, 11) is 0. The maximum Gasteiger partial charge on any atom is 0.292 e. The zero-order valence-electron chi connectivity index (χ0n) is 12.5. The third-order valence-electron chi connectivity index (χ3n) is 5.05. The average molecular weight is 303 g/mol. The SMILES string of the molecule is Nc1ccc(C(=O)N2CC[C@H]3CCCC[C@@H]3C2)cc1[N+](=O)[O-]. The van der Waals surface area contributed by atoms with Gasteiger partial charge in [-0.15, -0.1) is 0 Å². The number of nitrogen functional groups attached to an aromatic ring is 1. The zero-order valence-corrected chi connectivity index (χ0v) is 12.5. The van der Waals surface area contributed by atoms with Crippen molar-refractivity contribution in [1.82, 2.24) is 4.90 Å². The predicted octanol–water partition coefficient (Wildman–Crippen LogP) is 2.83. The first-order valence-electron chi connectivity index (χ1n) is 7.89. The number of nitrogens with two attached hydrogens (primary N) is 1. The summed E-state index contributed by atoms with van der Waals surface area (Å²) in [5.74, 6) is 1.22. The van der Waals surface area contributed by atoms with E-state index in [9.17, 15) is 14.9 Å². The first-order valence-corrected chi connectivity index (χ1v) is 7.89. The van der Waals surface area contributed by atoms with Gasteiger partial charge in [-0.3, -0.25) is 14.9 Å². The molecule has 6 nitrogen and oxygen atoms in total. The second-order valence-corrected chi connectivity index (χ2v) is 6.38. The maximum absolute atomic E-state index is 12.6. The van der Waals surface area contributed by atoms with Gasteiger partial charge in [-0.2, -0.15) is 0 Å². The highest BCUT2D eigenvalue weighted by Gasteiger charge is 2.33. The van der Waals surface area contributed by atoms with E-state index in [1.165, 1.54) is 37.8 Å². The van der Waals surface area contributed by atoms with E-state index in [-0.39, 0.29) is 17.3 Å². The molecule has 2 atom stereocenters. The van der Waals surface area contributed by atoms with E-state index in [0.29, 0.717) is 11.5 Å². The van der Waals surface area contributed by atoms with E-state index in [1.807, 2.05) is 4.90 Å². The van der Waals surface area contributed by atoms with Crippen LogP contribution in [-0.2, 0) is 0 Å². The Bertz CT molecular complexity index is 602. The third-order valence-corrected chi connectivity index (χ3v) is 5.05. The smallest absolute Gasteiger partial charge is 0.292 e. The third kappa shape index (κ3) is 2.77. The van der Waals surface area contributed by atoms with E-state index < -0.39 is 4.92 Å². The fraction of sp³-hybridized carbons (Fsp3) is 0.562. The van der Waals surface area contributed by atoms with Crippen LogP contribution in [0, 0.1) is 22.0 Å². The molecule has 0 bridgehead atoms.